The summed E-state index contributed by atoms with van der Waals surface area (Å²) in [5.41, 5.74) is 5.26. The summed E-state index contributed by atoms with van der Waals surface area (Å²) < 4.78 is 35.7. The standard InChI is InChI=1S/C26H18Cl2N2O4S/c1-14-23(25(33-29-14)16-3-8-19(27)9-4-16)18-7-12-22(35(31)32)21(13-18)24-15(2)30-34-26(24)17-5-10-20(28)11-6-17/h3-13H,1-2H3,(H,31,32)/p-1. The quantitative estimate of drug-likeness (QED) is 0.221. The molecule has 6 nitrogen and oxygen atoms in total. The van der Waals surface area contributed by atoms with Crippen LogP contribution in [0.1, 0.15) is 11.4 Å². The first-order chi connectivity index (χ1) is 16.8. The van der Waals surface area contributed by atoms with Crippen LogP contribution in [0.15, 0.2) is 80.7 Å². The molecule has 0 aliphatic rings. The summed E-state index contributed by atoms with van der Waals surface area (Å²) in [6, 6.07) is 19.4. The van der Waals surface area contributed by atoms with Crippen molar-refractivity contribution in [3.8, 4) is 44.9 Å². The van der Waals surface area contributed by atoms with Gasteiger partial charge >= 0.3 is 0 Å². The van der Waals surface area contributed by atoms with E-state index in [2.05, 4.69) is 10.3 Å². The largest absolute Gasteiger partial charge is 0.768 e. The van der Waals surface area contributed by atoms with Crippen molar-refractivity contribution in [2.45, 2.75) is 18.7 Å². The molecule has 0 radical (unpaired) electrons. The van der Waals surface area contributed by atoms with Gasteiger partial charge in [-0.1, -0.05) is 39.6 Å². The lowest BCUT2D eigenvalue weighted by Gasteiger charge is -2.15. The van der Waals surface area contributed by atoms with Gasteiger partial charge < -0.3 is 13.6 Å². The van der Waals surface area contributed by atoms with Crippen LogP contribution in [-0.4, -0.2) is 19.1 Å². The van der Waals surface area contributed by atoms with Crippen molar-refractivity contribution in [3.63, 3.8) is 0 Å². The molecule has 0 N–H and O–H groups in total. The second-order valence-corrected chi connectivity index (χ2v) is 9.69. The van der Waals surface area contributed by atoms with Crippen molar-refractivity contribution in [1.29, 1.82) is 0 Å². The zero-order valence-corrected chi connectivity index (χ0v) is 20.9. The Balaban J connectivity index is 1.72. The number of rotatable bonds is 5. The molecule has 9 heteroatoms. The predicted molar refractivity (Wildman–Crippen MR) is 135 cm³/mol. The first-order valence-corrected chi connectivity index (χ1v) is 12.3. The number of benzene rings is 3. The molecule has 1 atom stereocenters. The van der Waals surface area contributed by atoms with Crippen molar-refractivity contribution < 1.29 is 17.8 Å². The van der Waals surface area contributed by atoms with E-state index in [4.69, 9.17) is 32.2 Å². The summed E-state index contributed by atoms with van der Waals surface area (Å²) in [5.74, 6) is 1.00. The van der Waals surface area contributed by atoms with E-state index in [1.807, 2.05) is 19.1 Å². The highest BCUT2D eigenvalue weighted by molar-refractivity contribution is 7.79. The van der Waals surface area contributed by atoms with Gasteiger partial charge in [-0.05, 0) is 91.2 Å². The molecule has 1 unspecified atom stereocenters. The van der Waals surface area contributed by atoms with Crippen LogP contribution in [0.3, 0.4) is 0 Å². The molecule has 0 bridgehead atoms. The number of aromatic nitrogens is 2. The molecular weight excluding hydrogens is 507 g/mol. The van der Waals surface area contributed by atoms with Gasteiger partial charge in [0, 0.05) is 31.6 Å². The molecule has 0 aliphatic heterocycles. The second-order valence-electron chi connectivity index (χ2n) is 7.90. The third kappa shape index (κ3) is 4.44. The monoisotopic (exact) mass is 523 g/mol. The Labute approximate surface area is 213 Å². The van der Waals surface area contributed by atoms with Crippen LogP contribution >= 0.6 is 23.2 Å². The molecule has 0 aliphatic carbocycles. The second kappa shape index (κ2) is 9.43. The lowest BCUT2D eigenvalue weighted by molar-refractivity contribution is 0.427. The summed E-state index contributed by atoms with van der Waals surface area (Å²) >= 11 is 9.59. The lowest BCUT2D eigenvalue weighted by atomic mass is 9.94. The Hall–Kier alpha value is -3.23. The molecule has 0 spiro atoms. The van der Waals surface area contributed by atoms with Crippen LogP contribution in [0, 0.1) is 13.8 Å². The van der Waals surface area contributed by atoms with Gasteiger partial charge in [0.15, 0.2) is 11.5 Å². The Morgan fingerprint density at radius 2 is 1.17 bits per heavy atom. The summed E-state index contributed by atoms with van der Waals surface area (Å²) in [5, 5.41) is 9.46. The minimum absolute atomic E-state index is 0.123. The van der Waals surface area contributed by atoms with E-state index >= 15 is 0 Å². The molecule has 3 aromatic carbocycles. The van der Waals surface area contributed by atoms with Crippen LogP contribution in [-0.2, 0) is 11.1 Å². The molecule has 0 saturated carbocycles. The number of aryl methyl sites for hydroxylation is 2. The minimum Gasteiger partial charge on any atom is -0.768 e. The highest BCUT2D eigenvalue weighted by Gasteiger charge is 2.23. The molecule has 2 aromatic heterocycles. The topological polar surface area (TPSA) is 92.2 Å². The maximum atomic E-state index is 12.2. The zero-order valence-electron chi connectivity index (χ0n) is 18.5. The van der Waals surface area contributed by atoms with Crippen molar-refractivity contribution in [2.75, 3.05) is 0 Å². The highest BCUT2D eigenvalue weighted by Crippen LogP contribution is 2.42. The Morgan fingerprint density at radius 3 is 1.69 bits per heavy atom. The van der Waals surface area contributed by atoms with E-state index in [9.17, 15) is 8.76 Å². The van der Waals surface area contributed by atoms with Crippen LogP contribution in [0.2, 0.25) is 10.0 Å². The fourth-order valence-corrected chi connectivity index (χ4v) is 4.79. The third-order valence-electron chi connectivity index (χ3n) is 5.66. The Morgan fingerprint density at radius 1 is 0.714 bits per heavy atom. The average molecular weight is 524 g/mol. The van der Waals surface area contributed by atoms with Gasteiger partial charge in [0.1, 0.15) is 0 Å². The van der Waals surface area contributed by atoms with Crippen LogP contribution in [0.5, 0.6) is 0 Å². The SMILES string of the molecule is Cc1noc(-c2ccc(Cl)cc2)c1-c1ccc(S(=O)[O-])c(-c2c(C)noc2-c2ccc(Cl)cc2)c1. The summed E-state index contributed by atoms with van der Waals surface area (Å²) in [6.07, 6.45) is 0. The van der Waals surface area contributed by atoms with Gasteiger partial charge in [-0.15, -0.1) is 0 Å². The minimum atomic E-state index is -2.50. The molecule has 0 amide bonds. The van der Waals surface area contributed by atoms with Crippen LogP contribution < -0.4 is 0 Å². The fraction of sp³-hybridized carbons (Fsp3) is 0.0769. The van der Waals surface area contributed by atoms with E-state index in [-0.39, 0.29) is 4.90 Å². The molecule has 176 valence electrons. The molecule has 0 fully saturated rings. The van der Waals surface area contributed by atoms with Crippen molar-refractivity contribution in [1.82, 2.24) is 10.3 Å². The Kier molecular flexibility index (Phi) is 6.34. The Bertz CT molecular complexity index is 1560. The third-order valence-corrected chi connectivity index (χ3v) is 6.87. The maximum Gasteiger partial charge on any atom is 0.174 e. The van der Waals surface area contributed by atoms with E-state index in [1.165, 1.54) is 0 Å². The summed E-state index contributed by atoms with van der Waals surface area (Å²) in [4.78, 5) is 0.123. The molecule has 35 heavy (non-hydrogen) atoms. The molecule has 5 rings (SSSR count). The van der Waals surface area contributed by atoms with Crippen LogP contribution in [0.4, 0.5) is 0 Å². The summed E-state index contributed by atoms with van der Waals surface area (Å²) in [7, 11) is 0. The van der Waals surface area contributed by atoms with Crippen molar-refractivity contribution >= 4 is 34.3 Å². The number of hydrogen-bond acceptors (Lipinski definition) is 6. The van der Waals surface area contributed by atoms with Crippen LogP contribution in [0.25, 0.3) is 44.9 Å². The molecular formula is C26H17Cl2N2O4S-. The van der Waals surface area contributed by atoms with Gasteiger partial charge in [0.05, 0.1) is 22.5 Å². The van der Waals surface area contributed by atoms with Gasteiger partial charge in [0.2, 0.25) is 0 Å². The van der Waals surface area contributed by atoms with Gasteiger partial charge in [-0.3, -0.25) is 4.21 Å². The molecule has 2 heterocycles. The number of nitrogens with zero attached hydrogens (tertiary/aromatic N) is 2. The van der Waals surface area contributed by atoms with Crippen molar-refractivity contribution in [2.24, 2.45) is 0 Å². The normalized spacial score (nSPS) is 12.1. The highest BCUT2D eigenvalue weighted by atomic mass is 35.5. The zero-order chi connectivity index (χ0) is 24.7. The van der Waals surface area contributed by atoms with E-state index in [0.29, 0.717) is 44.1 Å². The van der Waals surface area contributed by atoms with Gasteiger partial charge in [0.25, 0.3) is 0 Å². The molecule has 0 saturated heterocycles. The first-order valence-electron chi connectivity index (χ1n) is 10.5. The number of hydrogen-bond donors (Lipinski definition) is 0. The van der Waals surface area contributed by atoms with Gasteiger partial charge in [-0.2, -0.15) is 0 Å². The predicted octanol–water partition coefficient (Wildman–Crippen LogP) is 7.49. The summed E-state index contributed by atoms with van der Waals surface area (Å²) in [6.45, 7) is 3.60. The van der Waals surface area contributed by atoms with Gasteiger partial charge in [-0.25, -0.2) is 0 Å². The smallest absolute Gasteiger partial charge is 0.174 e. The van der Waals surface area contributed by atoms with E-state index in [0.717, 1.165) is 22.3 Å². The average Bonchev–Trinajstić information content (AvgIpc) is 3.42. The number of halogens is 2. The van der Waals surface area contributed by atoms with Crippen molar-refractivity contribution in [3.05, 3.63) is 88.2 Å². The fourth-order valence-electron chi connectivity index (χ4n) is 4.02. The van der Waals surface area contributed by atoms with E-state index in [1.54, 1.807) is 61.5 Å². The molecule has 5 aromatic rings. The van der Waals surface area contributed by atoms with E-state index < -0.39 is 11.1 Å². The lowest BCUT2D eigenvalue weighted by Crippen LogP contribution is -1.96. The first kappa shape index (κ1) is 23.5. The maximum absolute atomic E-state index is 12.2.